The number of nitrogens with two attached hydrogens (primary N) is 1. The predicted molar refractivity (Wildman–Crippen MR) is 34.4 cm³/mol. The molecule has 5 nitrogen and oxygen atoms in total. The minimum absolute atomic E-state index is 0. The number of rotatable bonds is 2. The normalized spacial score (nSPS) is 11.1. The molecule has 0 rings (SSSR count). The van der Waals surface area contributed by atoms with Crippen LogP contribution in [0.1, 0.15) is 13.8 Å². The van der Waals surface area contributed by atoms with Crippen LogP contribution in [0.2, 0.25) is 0 Å². The highest BCUT2D eigenvalue weighted by Gasteiger charge is 2.03. The van der Waals surface area contributed by atoms with E-state index in [9.17, 15) is 8.42 Å². The van der Waals surface area contributed by atoms with Gasteiger partial charge in [0, 0.05) is 0 Å². The quantitative estimate of drug-likeness (QED) is 0.576. The average Bonchev–Trinajstić information content (AvgIpc) is 1.21. The van der Waals surface area contributed by atoms with E-state index >= 15 is 0 Å². The van der Waals surface area contributed by atoms with Crippen LogP contribution >= 0.6 is 0 Å². The van der Waals surface area contributed by atoms with Gasteiger partial charge >= 0.3 is 10.3 Å². The summed E-state index contributed by atoms with van der Waals surface area (Å²) in [6, 6.07) is 0. The Morgan fingerprint density at radius 3 is 1.78 bits per heavy atom. The molecule has 0 aromatic heterocycles. The average molecular weight is 156 g/mol. The van der Waals surface area contributed by atoms with Gasteiger partial charge in [0.05, 0.1) is 6.10 Å². The highest BCUT2D eigenvalue weighted by atomic mass is 32.2. The minimum atomic E-state index is -3.72. The van der Waals surface area contributed by atoms with Crippen molar-refractivity contribution in [1.82, 2.24) is 6.15 Å². The maximum Gasteiger partial charge on any atom is 0.333 e. The molecule has 0 aliphatic carbocycles. The zero-order valence-electron chi connectivity index (χ0n) is 5.49. The van der Waals surface area contributed by atoms with Crippen LogP contribution in [-0.4, -0.2) is 14.5 Å². The van der Waals surface area contributed by atoms with E-state index in [4.69, 9.17) is 0 Å². The standard InChI is InChI=1S/C3H9NO3S.H3N/c1-3(2)7-8(4,5)6;/h3H,1-2H3,(H2,4,5,6);1H3. The van der Waals surface area contributed by atoms with Crippen molar-refractivity contribution < 1.29 is 12.6 Å². The highest BCUT2D eigenvalue weighted by Crippen LogP contribution is 1.89. The summed E-state index contributed by atoms with van der Waals surface area (Å²) in [4.78, 5) is 0. The Labute approximate surface area is 55.0 Å². The fourth-order valence-corrected chi connectivity index (χ4v) is 0.805. The van der Waals surface area contributed by atoms with E-state index in [1.165, 1.54) is 0 Å². The Balaban J connectivity index is 0. The first-order valence-electron chi connectivity index (χ1n) is 2.13. The second-order valence-corrected chi connectivity index (χ2v) is 2.82. The molecule has 0 amide bonds. The van der Waals surface area contributed by atoms with Gasteiger partial charge in [0.1, 0.15) is 0 Å². The van der Waals surface area contributed by atoms with Gasteiger partial charge in [0.2, 0.25) is 0 Å². The summed E-state index contributed by atoms with van der Waals surface area (Å²) >= 11 is 0. The van der Waals surface area contributed by atoms with Crippen LogP contribution < -0.4 is 11.3 Å². The Hall–Kier alpha value is -0.170. The molecule has 0 saturated carbocycles. The Kier molecular flexibility index (Phi) is 4.87. The SMILES string of the molecule is CC(C)OS(N)(=O)=O.N. The second kappa shape index (κ2) is 3.78. The van der Waals surface area contributed by atoms with Gasteiger partial charge in [-0.2, -0.15) is 8.42 Å². The third-order valence-corrected chi connectivity index (χ3v) is 0.980. The largest absolute Gasteiger partial charge is 0.344 e. The predicted octanol–water partition coefficient (Wildman–Crippen LogP) is -0.223. The van der Waals surface area contributed by atoms with Crippen molar-refractivity contribution in [2.45, 2.75) is 20.0 Å². The van der Waals surface area contributed by atoms with Crippen molar-refractivity contribution in [3.63, 3.8) is 0 Å². The molecule has 0 fully saturated rings. The van der Waals surface area contributed by atoms with E-state index in [2.05, 4.69) is 9.32 Å². The van der Waals surface area contributed by atoms with Gasteiger partial charge < -0.3 is 6.15 Å². The summed E-state index contributed by atoms with van der Waals surface area (Å²) in [6.07, 6.45) is -0.370. The molecular weight excluding hydrogens is 144 g/mol. The summed E-state index contributed by atoms with van der Waals surface area (Å²) < 4.78 is 24.2. The number of hydrogen-bond acceptors (Lipinski definition) is 4. The topological polar surface area (TPSA) is 104 Å². The molecule has 0 atom stereocenters. The third-order valence-electron chi connectivity index (χ3n) is 0.327. The highest BCUT2D eigenvalue weighted by molar-refractivity contribution is 7.84. The second-order valence-electron chi connectivity index (χ2n) is 1.64. The van der Waals surface area contributed by atoms with Gasteiger partial charge in [-0.05, 0) is 13.8 Å². The molecule has 0 heterocycles. The molecule has 0 radical (unpaired) electrons. The van der Waals surface area contributed by atoms with Crippen LogP contribution in [0.25, 0.3) is 0 Å². The van der Waals surface area contributed by atoms with Crippen molar-refractivity contribution in [2.24, 2.45) is 5.14 Å². The first-order chi connectivity index (χ1) is 3.42. The van der Waals surface area contributed by atoms with Crippen LogP contribution in [0.4, 0.5) is 0 Å². The maximum absolute atomic E-state index is 10.00. The Bertz CT molecular complexity index is 150. The van der Waals surface area contributed by atoms with E-state index in [1.807, 2.05) is 0 Å². The van der Waals surface area contributed by atoms with Crippen molar-refractivity contribution in [3.8, 4) is 0 Å². The zero-order valence-corrected chi connectivity index (χ0v) is 6.31. The van der Waals surface area contributed by atoms with Crippen LogP contribution in [0.15, 0.2) is 0 Å². The molecule has 58 valence electrons. The van der Waals surface area contributed by atoms with Crippen molar-refractivity contribution in [1.29, 1.82) is 0 Å². The first kappa shape index (κ1) is 11.6. The molecule has 5 N–H and O–H groups in total. The summed E-state index contributed by atoms with van der Waals surface area (Å²) in [7, 11) is -3.72. The molecule has 9 heavy (non-hydrogen) atoms. The van der Waals surface area contributed by atoms with Crippen LogP contribution in [0, 0.1) is 0 Å². The third kappa shape index (κ3) is 11.4. The Morgan fingerprint density at radius 1 is 1.44 bits per heavy atom. The first-order valence-corrected chi connectivity index (χ1v) is 3.60. The van der Waals surface area contributed by atoms with Crippen LogP contribution in [-0.2, 0) is 14.5 Å². The molecule has 6 heteroatoms. The zero-order chi connectivity index (χ0) is 6.78. The van der Waals surface area contributed by atoms with E-state index in [1.54, 1.807) is 13.8 Å². The monoisotopic (exact) mass is 156 g/mol. The molecular formula is C3H12N2O3S. The summed E-state index contributed by atoms with van der Waals surface area (Å²) in [5.74, 6) is 0. The molecule has 0 aliphatic rings. The van der Waals surface area contributed by atoms with Gasteiger partial charge in [-0.25, -0.2) is 5.14 Å². The summed E-state index contributed by atoms with van der Waals surface area (Å²) in [5, 5.41) is 4.49. The molecule has 0 spiro atoms. The van der Waals surface area contributed by atoms with Crippen LogP contribution in [0.5, 0.6) is 0 Å². The van der Waals surface area contributed by atoms with Gasteiger partial charge in [-0.15, -0.1) is 0 Å². The van der Waals surface area contributed by atoms with Gasteiger partial charge in [-0.1, -0.05) is 0 Å². The lowest BCUT2D eigenvalue weighted by Gasteiger charge is -2.00. The van der Waals surface area contributed by atoms with E-state index in [-0.39, 0.29) is 12.3 Å². The smallest absolute Gasteiger partial charge is 0.333 e. The fraction of sp³-hybridized carbons (Fsp3) is 1.00. The lowest BCUT2D eigenvalue weighted by atomic mass is 10.5. The molecule has 0 unspecified atom stereocenters. The van der Waals surface area contributed by atoms with Gasteiger partial charge in [-0.3, -0.25) is 4.18 Å². The minimum Gasteiger partial charge on any atom is -0.344 e. The van der Waals surface area contributed by atoms with Crippen molar-refractivity contribution in [3.05, 3.63) is 0 Å². The summed E-state index contributed by atoms with van der Waals surface area (Å²) in [6.45, 7) is 3.18. The molecule has 0 saturated heterocycles. The van der Waals surface area contributed by atoms with E-state index < -0.39 is 10.3 Å². The van der Waals surface area contributed by atoms with Crippen molar-refractivity contribution >= 4 is 10.3 Å². The maximum atomic E-state index is 10.00. The lowest BCUT2D eigenvalue weighted by Crippen LogP contribution is -2.19. The fourth-order valence-electron chi connectivity index (χ4n) is 0.268. The van der Waals surface area contributed by atoms with E-state index in [0.717, 1.165) is 0 Å². The van der Waals surface area contributed by atoms with Crippen molar-refractivity contribution in [2.75, 3.05) is 0 Å². The molecule has 0 bridgehead atoms. The number of hydrogen-bond donors (Lipinski definition) is 2. The van der Waals surface area contributed by atoms with E-state index in [0.29, 0.717) is 0 Å². The lowest BCUT2D eigenvalue weighted by molar-refractivity contribution is 0.249. The Morgan fingerprint density at radius 2 is 1.78 bits per heavy atom. The van der Waals surface area contributed by atoms with Gasteiger partial charge in [0.15, 0.2) is 0 Å². The van der Waals surface area contributed by atoms with Gasteiger partial charge in [0.25, 0.3) is 0 Å². The molecule has 0 aromatic rings. The van der Waals surface area contributed by atoms with Crippen LogP contribution in [0.3, 0.4) is 0 Å². The molecule has 0 aromatic carbocycles. The summed E-state index contributed by atoms with van der Waals surface area (Å²) in [5.41, 5.74) is 0. The molecule has 0 aliphatic heterocycles.